The van der Waals surface area contributed by atoms with Crippen LogP contribution in [-0.2, 0) is 15.8 Å². The fourth-order valence-corrected chi connectivity index (χ4v) is 3.70. The first kappa shape index (κ1) is 22.9. The quantitative estimate of drug-likeness (QED) is 0.344. The third-order valence-corrected chi connectivity index (χ3v) is 5.08. The van der Waals surface area contributed by atoms with Gasteiger partial charge in [0.25, 0.3) is 5.69 Å². The van der Waals surface area contributed by atoms with Gasteiger partial charge in [0, 0.05) is 31.6 Å². The minimum absolute atomic E-state index is 0.0342. The highest BCUT2D eigenvalue weighted by molar-refractivity contribution is 7.22. The molecule has 0 aliphatic rings. The summed E-state index contributed by atoms with van der Waals surface area (Å²) in [7, 11) is 0. The summed E-state index contributed by atoms with van der Waals surface area (Å²) in [4.78, 5) is 37.7. The second-order valence-corrected chi connectivity index (χ2v) is 7.63. The van der Waals surface area contributed by atoms with Gasteiger partial charge in [0.05, 0.1) is 20.7 Å². The van der Waals surface area contributed by atoms with Gasteiger partial charge < -0.3 is 16.0 Å². The zero-order valence-electron chi connectivity index (χ0n) is 16.4. The molecule has 3 rings (SSSR count). The van der Waals surface area contributed by atoms with Crippen molar-refractivity contribution in [3.05, 3.63) is 52.1 Å². The van der Waals surface area contributed by atoms with Gasteiger partial charge in [0.1, 0.15) is 5.69 Å². The molecule has 0 bridgehead atoms. The average Bonchev–Trinajstić information content (AvgIpc) is 3.07. The summed E-state index contributed by atoms with van der Waals surface area (Å²) in [5.41, 5.74) is -0.847. The lowest BCUT2D eigenvalue weighted by atomic mass is 10.1. The van der Waals surface area contributed by atoms with Crippen molar-refractivity contribution in [1.82, 2.24) is 4.98 Å². The number of aromatic nitrogens is 1. The Labute approximate surface area is 182 Å². The van der Waals surface area contributed by atoms with Crippen LogP contribution in [0.25, 0.3) is 10.2 Å². The number of hydrogen-bond acceptors (Lipinski definition) is 7. The lowest BCUT2D eigenvalue weighted by molar-refractivity contribution is -0.384. The van der Waals surface area contributed by atoms with Crippen LogP contribution in [0.2, 0.25) is 0 Å². The number of nitro groups is 1. The molecule has 0 saturated carbocycles. The largest absolute Gasteiger partial charge is 0.416 e. The van der Waals surface area contributed by atoms with Crippen molar-refractivity contribution in [3.63, 3.8) is 0 Å². The number of nitro benzene ring substituents is 1. The summed E-state index contributed by atoms with van der Waals surface area (Å²) in [6.45, 7) is 1.33. The summed E-state index contributed by atoms with van der Waals surface area (Å²) in [6.07, 6.45) is -4.79. The SMILES string of the molecule is CC(=O)Nc1nc2ccc(NC(=O)CCNc3ccc(C(F)(F)F)cc3[N+](=O)[O-])cc2s1. The van der Waals surface area contributed by atoms with Gasteiger partial charge in [-0.15, -0.1) is 0 Å². The van der Waals surface area contributed by atoms with Crippen molar-refractivity contribution in [3.8, 4) is 0 Å². The molecular formula is C19H16F3N5O4S. The van der Waals surface area contributed by atoms with Crippen molar-refractivity contribution in [1.29, 1.82) is 0 Å². The van der Waals surface area contributed by atoms with Crippen molar-refractivity contribution in [2.45, 2.75) is 19.5 Å². The van der Waals surface area contributed by atoms with E-state index in [0.717, 1.165) is 16.8 Å². The van der Waals surface area contributed by atoms with Gasteiger partial charge in [-0.05, 0) is 30.3 Å². The van der Waals surface area contributed by atoms with Crippen molar-refractivity contribution < 1.29 is 27.7 Å². The number of carbonyl (C=O) groups is 2. The number of alkyl halides is 3. The molecule has 1 aromatic heterocycles. The molecule has 32 heavy (non-hydrogen) atoms. The Morgan fingerprint density at radius 3 is 2.56 bits per heavy atom. The van der Waals surface area contributed by atoms with E-state index in [0.29, 0.717) is 22.4 Å². The second-order valence-electron chi connectivity index (χ2n) is 6.59. The van der Waals surface area contributed by atoms with Crippen LogP contribution in [-0.4, -0.2) is 28.3 Å². The number of nitrogens with one attached hydrogen (secondary N) is 3. The molecule has 3 N–H and O–H groups in total. The highest BCUT2D eigenvalue weighted by Crippen LogP contribution is 2.35. The van der Waals surface area contributed by atoms with Crippen LogP contribution in [0.5, 0.6) is 0 Å². The first-order chi connectivity index (χ1) is 15.0. The molecule has 0 unspecified atom stereocenters. The van der Waals surface area contributed by atoms with E-state index in [1.165, 1.54) is 18.3 Å². The van der Waals surface area contributed by atoms with Crippen molar-refractivity contribution >= 4 is 55.6 Å². The van der Waals surface area contributed by atoms with E-state index in [1.54, 1.807) is 18.2 Å². The molecule has 2 amide bonds. The summed E-state index contributed by atoms with van der Waals surface area (Å²) in [5.74, 6) is -0.656. The van der Waals surface area contributed by atoms with Crippen molar-refractivity contribution in [2.75, 3.05) is 22.5 Å². The van der Waals surface area contributed by atoms with Gasteiger partial charge in [0.15, 0.2) is 5.13 Å². The third kappa shape index (κ3) is 5.69. The van der Waals surface area contributed by atoms with E-state index in [9.17, 15) is 32.9 Å². The van der Waals surface area contributed by atoms with Crippen LogP contribution in [0, 0.1) is 10.1 Å². The molecule has 0 spiro atoms. The zero-order valence-corrected chi connectivity index (χ0v) is 17.3. The maximum absolute atomic E-state index is 12.8. The Hall–Kier alpha value is -3.74. The number of halogens is 3. The molecule has 2 aromatic carbocycles. The van der Waals surface area contributed by atoms with Crippen LogP contribution < -0.4 is 16.0 Å². The molecule has 0 radical (unpaired) electrons. The molecule has 0 saturated heterocycles. The Morgan fingerprint density at radius 2 is 1.91 bits per heavy atom. The minimum atomic E-state index is -4.70. The summed E-state index contributed by atoms with van der Waals surface area (Å²) in [6, 6.07) is 7.13. The molecule has 1 heterocycles. The molecule has 3 aromatic rings. The van der Waals surface area contributed by atoms with Crippen molar-refractivity contribution in [2.24, 2.45) is 0 Å². The smallest absolute Gasteiger partial charge is 0.379 e. The van der Waals surface area contributed by atoms with Gasteiger partial charge in [-0.1, -0.05) is 11.3 Å². The fourth-order valence-electron chi connectivity index (χ4n) is 2.75. The lowest BCUT2D eigenvalue weighted by Gasteiger charge is -2.11. The van der Waals surface area contributed by atoms with Gasteiger partial charge >= 0.3 is 6.18 Å². The Morgan fingerprint density at radius 1 is 1.16 bits per heavy atom. The Bertz CT molecular complexity index is 1200. The Kier molecular flexibility index (Phi) is 6.58. The lowest BCUT2D eigenvalue weighted by Crippen LogP contribution is -2.16. The highest BCUT2D eigenvalue weighted by atomic mass is 32.1. The molecule has 0 aliphatic carbocycles. The maximum Gasteiger partial charge on any atom is 0.416 e. The maximum atomic E-state index is 12.8. The fraction of sp³-hybridized carbons (Fsp3) is 0.211. The molecule has 0 atom stereocenters. The monoisotopic (exact) mass is 467 g/mol. The summed E-state index contributed by atoms with van der Waals surface area (Å²) < 4.78 is 39.0. The first-order valence-corrected chi connectivity index (χ1v) is 9.92. The normalized spacial score (nSPS) is 11.2. The average molecular weight is 467 g/mol. The minimum Gasteiger partial charge on any atom is -0.379 e. The molecule has 168 valence electrons. The van der Waals surface area contributed by atoms with Crippen LogP contribution in [0.15, 0.2) is 36.4 Å². The predicted octanol–water partition coefficient (Wildman–Crippen LogP) is 4.62. The van der Waals surface area contributed by atoms with Gasteiger partial charge in [-0.25, -0.2) is 4.98 Å². The summed E-state index contributed by atoms with van der Waals surface area (Å²) in [5, 5.41) is 19.4. The number of amides is 2. The van der Waals surface area contributed by atoms with E-state index >= 15 is 0 Å². The van der Waals surface area contributed by atoms with Crippen LogP contribution in [0.1, 0.15) is 18.9 Å². The molecule has 0 fully saturated rings. The molecule has 0 aliphatic heterocycles. The van der Waals surface area contributed by atoms with E-state index in [-0.39, 0.29) is 24.6 Å². The van der Waals surface area contributed by atoms with E-state index in [4.69, 9.17) is 0 Å². The third-order valence-electron chi connectivity index (χ3n) is 4.14. The van der Waals surface area contributed by atoms with Crippen LogP contribution in [0.4, 0.5) is 35.4 Å². The van der Waals surface area contributed by atoms with Gasteiger partial charge in [-0.3, -0.25) is 19.7 Å². The van der Waals surface area contributed by atoms with Gasteiger partial charge in [-0.2, -0.15) is 13.2 Å². The molecular weight excluding hydrogens is 451 g/mol. The topological polar surface area (TPSA) is 126 Å². The highest BCUT2D eigenvalue weighted by Gasteiger charge is 2.33. The number of hydrogen-bond donors (Lipinski definition) is 3. The number of carbonyl (C=O) groups excluding carboxylic acids is 2. The van der Waals surface area contributed by atoms with Crippen LogP contribution in [0.3, 0.4) is 0 Å². The van der Waals surface area contributed by atoms with E-state index < -0.39 is 28.3 Å². The molecule has 9 nitrogen and oxygen atoms in total. The zero-order chi connectivity index (χ0) is 23.5. The van der Waals surface area contributed by atoms with E-state index in [1.807, 2.05) is 0 Å². The molecule has 13 heteroatoms. The first-order valence-electron chi connectivity index (χ1n) is 9.10. The number of thiazole rings is 1. The van der Waals surface area contributed by atoms with Gasteiger partial charge in [0.2, 0.25) is 11.8 Å². The predicted molar refractivity (Wildman–Crippen MR) is 114 cm³/mol. The van der Waals surface area contributed by atoms with Crippen LogP contribution >= 0.6 is 11.3 Å². The number of benzene rings is 2. The number of anilines is 3. The second kappa shape index (κ2) is 9.18. The van der Waals surface area contributed by atoms with E-state index in [2.05, 4.69) is 20.9 Å². The summed E-state index contributed by atoms with van der Waals surface area (Å²) >= 11 is 1.24. The number of fused-ring (bicyclic) bond motifs is 1. The standard InChI is InChI=1S/C19H16F3N5O4S/c1-10(28)24-18-26-14-5-3-12(9-16(14)32-18)25-17(29)6-7-23-13-4-2-11(19(20,21)22)8-15(13)27(30)31/h2-5,8-9,23H,6-7H2,1H3,(H,25,29)(H,24,26,28). The number of nitrogens with zero attached hydrogens (tertiary/aromatic N) is 2. The number of rotatable bonds is 7. The Balaban J connectivity index is 1.60.